The molecular weight excluding hydrogens is 569 g/mol. The van der Waals surface area contributed by atoms with Crippen LogP contribution in [0.4, 0.5) is 4.39 Å². The number of aromatic nitrogens is 1. The number of piperazine rings is 1. The van der Waals surface area contributed by atoms with Crippen molar-refractivity contribution in [2.24, 2.45) is 0 Å². The van der Waals surface area contributed by atoms with Crippen LogP contribution in [0, 0.1) is 5.82 Å². The first kappa shape index (κ1) is 29.5. The number of hydrogen-bond acceptors (Lipinski definition) is 8. The summed E-state index contributed by atoms with van der Waals surface area (Å²) in [5.41, 5.74) is 1.27. The zero-order valence-electron chi connectivity index (χ0n) is 24.4. The zero-order valence-corrected chi connectivity index (χ0v) is 24.4. The first-order valence-corrected chi connectivity index (χ1v) is 14.6. The van der Waals surface area contributed by atoms with Crippen LogP contribution < -0.4 is 14.8 Å². The van der Waals surface area contributed by atoms with Gasteiger partial charge in [0.15, 0.2) is 0 Å². The summed E-state index contributed by atoms with van der Waals surface area (Å²) in [4.78, 5) is 49.8. The van der Waals surface area contributed by atoms with Gasteiger partial charge in [0, 0.05) is 45.5 Å². The Balaban J connectivity index is 1.23. The van der Waals surface area contributed by atoms with Gasteiger partial charge in [-0.15, -0.1) is 0 Å². The standard InChI is InChI=1S/C32H34FN5O6/c1-42-23-7-4-6-21(14-23)15-36-17-27-28(18-36)43-20-29(39)38-13-12-37(32(41)24-8-2-3-10-26(24)33)16-22(38)19-44-31-25(30(40)35-27)9-5-11-34-31/h2-11,14,22,27-28H,12-13,15-20H2,1H3,(H,35,40)/t22-,27+,28-/m0/s1. The molecule has 1 N–H and O–H groups in total. The number of benzene rings is 2. The van der Waals surface area contributed by atoms with Gasteiger partial charge in [0.25, 0.3) is 11.8 Å². The van der Waals surface area contributed by atoms with Gasteiger partial charge in [0.05, 0.1) is 30.9 Å². The van der Waals surface area contributed by atoms with Crippen molar-refractivity contribution in [3.05, 3.63) is 89.4 Å². The van der Waals surface area contributed by atoms with E-state index in [2.05, 4.69) is 15.2 Å². The largest absolute Gasteiger partial charge is 0.497 e. The minimum atomic E-state index is -0.605. The maximum atomic E-state index is 14.4. The van der Waals surface area contributed by atoms with Gasteiger partial charge in [-0.2, -0.15) is 0 Å². The Morgan fingerprint density at radius 2 is 1.93 bits per heavy atom. The minimum Gasteiger partial charge on any atom is -0.497 e. The summed E-state index contributed by atoms with van der Waals surface area (Å²) in [5.74, 6) is -0.805. The second-order valence-electron chi connectivity index (χ2n) is 11.1. The van der Waals surface area contributed by atoms with Crippen LogP contribution in [0.1, 0.15) is 26.3 Å². The number of nitrogens with zero attached hydrogens (tertiary/aromatic N) is 4. The highest BCUT2D eigenvalue weighted by atomic mass is 19.1. The number of halogens is 1. The van der Waals surface area contributed by atoms with E-state index in [9.17, 15) is 18.8 Å². The van der Waals surface area contributed by atoms with Crippen molar-refractivity contribution in [2.75, 3.05) is 53.0 Å². The third kappa shape index (κ3) is 6.36. The molecule has 3 atom stereocenters. The van der Waals surface area contributed by atoms with Crippen molar-refractivity contribution in [3.8, 4) is 11.6 Å². The molecule has 6 rings (SSSR count). The molecule has 2 aromatic carbocycles. The van der Waals surface area contributed by atoms with Gasteiger partial charge >= 0.3 is 0 Å². The molecule has 11 nitrogen and oxygen atoms in total. The van der Waals surface area contributed by atoms with Gasteiger partial charge < -0.3 is 29.3 Å². The molecule has 3 aromatic rings. The van der Waals surface area contributed by atoms with Gasteiger partial charge in [0.1, 0.15) is 30.3 Å². The van der Waals surface area contributed by atoms with E-state index in [1.54, 1.807) is 30.2 Å². The van der Waals surface area contributed by atoms with E-state index in [4.69, 9.17) is 14.2 Å². The maximum absolute atomic E-state index is 14.4. The van der Waals surface area contributed by atoms with Crippen LogP contribution in [0.15, 0.2) is 66.9 Å². The number of likely N-dealkylation sites (tertiary alicyclic amines) is 1. The molecule has 12 heteroatoms. The lowest BCUT2D eigenvalue weighted by atomic mass is 10.1. The molecule has 0 spiro atoms. The summed E-state index contributed by atoms with van der Waals surface area (Å²) in [6, 6.07) is 15.9. The van der Waals surface area contributed by atoms with Gasteiger partial charge in [-0.1, -0.05) is 24.3 Å². The number of carbonyl (C=O) groups is 3. The molecule has 2 saturated heterocycles. The Kier molecular flexibility index (Phi) is 8.71. The van der Waals surface area contributed by atoms with E-state index < -0.39 is 23.9 Å². The summed E-state index contributed by atoms with van der Waals surface area (Å²) in [6.45, 7) is 1.96. The molecule has 0 radical (unpaired) electrons. The lowest BCUT2D eigenvalue weighted by Gasteiger charge is -2.41. The van der Waals surface area contributed by atoms with Crippen LogP contribution in [0.2, 0.25) is 0 Å². The van der Waals surface area contributed by atoms with Crippen LogP contribution >= 0.6 is 0 Å². The number of methoxy groups -OCH3 is 1. The predicted octanol–water partition coefficient (Wildman–Crippen LogP) is 1.97. The number of carbonyl (C=O) groups excluding carboxylic acids is 3. The second kappa shape index (κ2) is 13.0. The van der Waals surface area contributed by atoms with E-state index in [1.807, 2.05) is 24.3 Å². The molecule has 3 aliphatic heterocycles. The summed E-state index contributed by atoms with van der Waals surface area (Å²) in [7, 11) is 1.62. The molecule has 2 fully saturated rings. The molecule has 4 heterocycles. The summed E-state index contributed by atoms with van der Waals surface area (Å²) in [6.07, 6.45) is 1.08. The topological polar surface area (TPSA) is 114 Å². The second-order valence-corrected chi connectivity index (χ2v) is 11.1. The Labute approximate surface area is 254 Å². The molecule has 0 unspecified atom stereocenters. The Hall–Kier alpha value is -4.55. The van der Waals surface area contributed by atoms with Crippen LogP contribution in [0.25, 0.3) is 0 Å². The van der Waals surface area contributed by atoms with E-state index >= 15 is 0 Å². The molecule has 0 aliphatic carbocycles. The van der Waals surface area contributed by atoms with Crippen LogP contribution in [-0.2, 0) is 16.1 Å². The van der Waals surface area contributed by atoms with Gasteiger partial charge in [-0.05, 0) is 42.0 Å². The normalized spacial score (nSPS) is 22.7. The number of hydrogen-bond donors (Lipinski definition) is 1. The van der Waals surface area contributed by atoms with Crippen molar-refractivity contribution < 1.29 is 33.0 Å². The van der Waals surface area contributed by atoms with Gasteiger partial charge in [-0.25, -0.2) is 9.37 Å². The highest BCUT2D eigenvalue weighted by Gasteiger charge is 2.39. The highest BCUT2D eigenvalue weighted by Crippen LogP contribution is 2.24. The Morgan fingerprint density at radius 3 is 2.77 bits per heavy atom. The van der Waals surface area contributed by atoms with Crippen molar-refractivity contribution >= 4 is 17.7 Å². The fourth-order valence-electron chi connectivity index (χ4n) is 5.99. The van der Waals surface area contributed by atoms with Crippen molar-refractivity contribution in [1.82, 2.24) is 25.0 Å². The first-order chi connectivity index (χ1) is 21.4. The van der Waals surface area contributed by atoms with Crippen LogP contribution in [0.3, 0.4) is 0 Å². The number of amides is 3. The van der Waals surface area contributed by atoms with Gasteiger partial charge in [0.2, 0.25) is 11.8 Å². The summed E-state index contributed by atoms with van der Waals surface area (Å²) in [5, 5.41) is 3.07. The number of rotatable bonds is 4. The fraction of sp³-hybridized carbons (Fsp3) is 0.375. The lowest BCUT2D eigenvalue weighted by molar-refractivity contribution is -0.143. The number of fused-ring (bicyclic) bond motifs is 3. The number of pyridine rings is 1. The third-order valence-corrected chi connectivity index (χ3v) is 8.24. The van der Waals surface area contributed by atoms with Crippen molar-refractivity contribution in [2.45, 2.75) is 24.7 Å². The molecule has 44 heavy (non-hydrogen) atoms. The Bertz CT molecular complexity index is 1540. The average Bonchev–Trinajstić information content (AvgIpc) is 3.42. The zero-order chi connectivity index (χ0) is 30.6. The summed E-state index contributed by atoms with van der Waals surface area (Å²) >= 11 is 0. The molecule has 0 bridgehead atoms. The van der Waals surface area contributed by atoms with Crippen molar-refractivity contribution in [1.29, 1.82) is 0 Å². The minimum absolute atomic E-state index is 0.0226. The average molecular weight is 604 g/mol. The van der Waals surface area contributed by atoms with E-state index in [0.717, 1.165) is 11.3 Å². The Morgan fingerprint density at radius 1 is 1.07 bits per heavy atom. The monoisotopic (exact) mass is 603 g/mol. The predicted molar refractivity (Wildman–Crippen MR) is 157 cm³/mol. The molecule has 230 valence electrons. The quantitative estimate of drug-likeness (QED) is 0.482. The smallest absolute Gasteiger partial charge is 0.257 e. The number of nitrogens with one attached hydrogen (secondary N) is 1. The summed E-state index contributed by atoms with van der Waals surface area (Å²) < 4.78 is 32.0. The third-order valence-electron chi connectivity index (χ3n) is 8.24. The fourth-order valence-corrected chi connectivity index (χ4v) is 5.99. The highest BCUT2D eigenvalue weighted by molar-refractivity contribution is 5.96. The van der Waals surface area contributed by atoms with Crippen LogP contribution in [-0.4, -0.2) is 109 Å². The first-order valence-electron chi connectivity index (χ1n) is 14.6. The maximum Gasteiger partial charge on any atom is 0.257 e. The number of ether oxygens (including phenoxy) is 3. The lowest BCUT2D eigenvalue weighted by Crippen LogP contribution is -2.59. The van der Waals surface area contributed by atoms with Crippen LogP contribution in [0.5, 0.6) is 11.6 Å². The molecule has 1 aromatic heterocycles. The van der Waals surface area contributed by atoms with Gasteiger partial charge in [-0.3, -0.25) is 19.3 Å². The molecular formula is C32H34FN5O6. The molecule has 3 amide bonds. The molecule has 0 saturated carbocycles. The van der Waals surface area contributed by atoms with E-state index in [-0.39, 0.29) is 67.7 Å². The van der Waals surface area contributed by atoms with Crippen molar-refractivity contribution in [3.63, 3.8) is 0 Å². The molecule has 3 aliphatic rings. The van der Waals surface area contributed by atoms with E-state index in [0.29, 0.717) is 19.6 Å². The SMILES string of the molecule is COc1cccc(CN2C[C@@H]3OCC(=O)N4CCN(C(=O)c5ccccc5F)C[C@H]4COc4ncccc4C(=O)N[C@@H]3C2)c1. The van der Waals surface area contributed by atoms with E-state index in [1.165, 1.54) is 29.3 Å².